The van der Waals surface area contributed by atoms with Gasteiger partial charge in [0.25, 0.3) is 11.6 Å². The Morgan fingerprint density at radius 1 is 0.837 bits per heavy atom. The molecule has 0 bridgehead atoms. The van der Waals surface area contributed by atoms with Crippen molar-refractivity contribution in [2.75, 3.05) is 10.6 Å². The molecule has 0 aliphatic rings. The van der Waals surface area contributed by atoms with Crippen molar-refractivity contribution in [2.24, 2.45) is 0 Å². The fourth-order valence-corrected chi connectivity index (χ4v) is 6.04. The van der Waals surface area contributed by atoms with Gasteiger partial charge in [-0.15, -0.1) is 11.8 Å². The first-order chi connectivity index (χ1) is 20.4. The second-order valence-corrected chi connectivity index (χ2v) is 11.6. The largest absolute Gasteiger partial charge is 0.478 e. The van der Waals surface area contributed by atoms with Crippen molar-refractivity contribution in [1.82, 2.24) is 0 Å². The average Bonchev–Trinajstić information content (AvgIpc) is 2.98. The van der Waals surface area contributed by atoms with E-state index in [0.717, 1.165) is 0 Å². The number of nitro groups is 1. The number of carbonyl (C=O) groups is 3. The number of hydrogen-bond donors (Lipinski definition) is 3. The van der Waals surface area contributed by atoms with Crippen LogP contribution in [0.5, 0.6) is 0 Å². The first-order valence-electron chi connectivity index (χ1n) is 12.2. The SMILES string of the molecule is Cc1cc([N+](=O)[O-])ccc1NC(=O)C(Sc1ccc(NC(=O)c2c(Cl)c(Cl)c(Cl)c(Cl)c2C(=O)O)cc1)c1ccccc1. The maximum atomic E-state index is 13.4. The lowest BCUT2D eigenvalue weighted by atomic mass is 10.1. The number of nitro benzene ring substituents is 1. The van der Waals surface area contributed by atoms with Crippen molar-refractivity contribution >= 4 is 93.0 Å². The number of rotatable bonds is 9. The van der Waals surface area contributed by atoms with Gasteiger partial charge in [0.1, 0.15) is 5.25 Å². The van der Waals surface area contributed by atoms with Crippen LogP contribution in [-0.4, -0.2) is 27.8 Å². The van der Waals surface area contributed by atoms with Crippen LogP contribution >= 0.6 is 58.2 Å². The quantitative estimate of drug-likeness (QED) is 0.0528. The van der Waals surface area contributed by atoms with Crippen molar-refractivity contribution in [2.45, 2.75) is 17.1 Å². The molecule has 4 aromatic rings. The third-order valence-corrected chi connectivity index (χ3v) is 9.16. The lowest BCUT2D eigenvalue weighted by Crippen LogP contribution is -2.19. The Balaban J connectivity index is 1.56. The van der Waals surface area contributed by atoms with E-state index in [1.165, 1.54) is 30.0 Å². The molecular formula is C29H19Cl4N3O6S. The van der Waals surface area contributed by atoms with Crippen molar-refractivity contribution in [3.63, 3.8) is 0 Å². The number of carboxylic acid groups (broad SMARTS) is 1. The molecule has 0 saturated carbocycles. The van der Waals surface area contributed by atoms with Gasteiger partial charge in [-0.05, 0) is 48.4 Å². The molecule has 1 atom stereocenters. The van der Waals surface area contributed by atoms with E-state index in [0.29, 0.717) is 27.4 Å². The van der Waals surface area contributed by atoms with Crippen molar-refractivity contribution in [3.8, 4) is 0 Å². The number of benzene rings is 4. The van der Waals surface area contributed by atoms with Gasteiger partial charge in [0, 0.05) is 28.4 Å². The average molecular weight is 679 g/mol. The lowest BCUT2D eigenvalue weighted by molar-refractivity contribution is -0.384. The van der Waals surface area contributed by atoms with Gasteiger partial charge in [-0.2, -0.15) is 0 Å². The molecule has 0 aromatic heterocycles. The van der Waals surface area contributed by atoms with E-state index in [1.807, 2.05) is 6.07 Å². The fourth-order valence-electron chi connectivity index (χ4n) is 3.99. The van der Waals surface area contributed by atoms with E-state index in [2.05, 4.69) is 10.6 Å². The normalized spacial score (nSPS) is 11.5. The molecule has 9 nitrogen and oxygen atoms in total. The highest BCUT2D eigenvalue weighted by atomic mass is 35.5. The van der Waals surface area contributed by atoms with Crippen LogP contribution in [0.2, 0.25) is 20.1 Å². The van der Waals surface area contributed by atoms with E-state index in [4.69, 9.17) is 46.4 Å². The van der Waals surface area contributed by atoms with Gasteiger partial charge < -0.3 is 15.7 Å². The molecule has 0 spiro atoms. The summed E-state index contributed by atoms with van der Waals surface area (Å²) in [4.78, 5) is 49.6. The van der Waals surface area contributed by atoms with Gasteiger partial charge in [0.2, 0.25) is 5.91 Å². The summed E-state index contributed by atoms with van der Waals surface area (Å²) in [5, 5.41) is 24.1. The van der Waals surface area contributed by atoms with Crippen molar-refractivity contribution < 1.29 is 24.4 Å². The molecule has 2 amide bonds. The van der Waals surface area contributed by atoms with Crippen LogP contribution in [0.25, 0.3) is 0 Å². The summed E-state index contributed by atoms with van der Waals surface area (Å²) in [6.45, 7) is 1.67. The second-order valence-electron chi connectivity index (χ2n) is 8.94. The van der Waals surface area contributed by atoms with Gasteiger partial charge in [-0.25, -0.2) is 4.79 Å². The Kier molecular flexibility index (Phi) is 10.2. The zero-order valence-electron chi connectivity index (χ0n) is 21.9. The van der Waals surface area contributed by atoms with Crippen LogP contribution in [0, 0.1) is 17.0 Å². The predicted molar refractivity (Wildman–Crippen MR) is 169 cm³/mol. The highest BCUT2D eigenvalue weighted by molar-refractivity contribution is 8.00. The molecule has 0 heterocycles. The van der Waals surface area contributed by atoms with Crippen LogP contribution in [0.3, 0.4) is 0 Å². The number of carboxylic acids is 1. The van der Waals surface area contributed by atoms with Crippen LogP contribution in [-0.2, 0) is 4.79 Å². The Hall–Kier alpha value is -3.80. The molecule has 1 unspecified atom stereocenters. The number of nitrogens with zero attached hydrogens (tertiary/aromatic N) is 1. The van der Waals surface area contributed by atoms with Crippen molar-refractivity contribution in [3.05, 3.63) is 125 Å². The summed E-state index contributed by atoms with van der Waals surface area (Å²) in [6.07, 6.45) is 0. The third kappa shape index (κ3) is 7.23. The maximum Gasteiger partial charge on any atom is 0.338 e. The highest BCUT2D eigenvalue weighted by Crippen LogP contribution is 2.42. The van der Waals surface area contributed by atoms with Gasteiger partial charge in [-0.1, -0.05) is 76.7 Å². The minimum absolute atomic E-state index is 0.0830. The predicted octanol–water partition coefficient (Wildman–Crippen LogP) is 8.94. The highest BCUT2D eigenvalue weighted by Gasteiger charge is 2.29. The Morgan fingerprint density at radius 3 is 2.00 bits per heavy atom. The lowest BCUT2D eigenvalue weighted by Gasteiger charge is -2.18. The van der Waals surface area contributed by atoms with E-state index < -0.39 is 38.2 Å². The Bertz CT molecular complexity index is 1750. The Morgan fingerprint density at radius 2 is 1.44 bits per heavy atom. The standard InChI is InChI=1S/C29H19Cl4N3O6S/c1-14-13-17(36(41)42)9-12-19(14)35-28(38)26(15-5-3-2-4-6-15)43-18-10-7-16(8-11-18)34-27(37)20-21(29(39)40)23(31)25(33)24(32)22(20)30/h2-13,26H,1H3,(H,34,37)(H,35,38)(H,39,40). The van der Waals surface area contributed by atoms with Crippen LogP contribution in [0.1, 0.15) is 37.1 Å². The number of aromatic carboxylic acids is 1. The molecular weight excluding hydrogens is 660 g/mol. The van der Waals surface area contributed by atoms with E-state index >= 15 is 0 Å². The van der Waals surface area contributed by atoms with Crippen molar-refractivity contribution in [1.29, 1.82) is 0 Å². The number of anilines is 2. The fraction of sp³-hybridized carbons (Fsp3) is 0.0690. The summed E-state index contributed by atoms with van der Waals surface area (Å²) in [5.41, 5.74) is 0.867. The number of halogens is 4. The van der Waals surface area contributed by atoms with E-state index in [1.54, 1.807) is 55.5 Å². The molecule has 0 radical (unpaired) electrons. The van der Waals surface area contributed by atoms with E-state index in [9.17, 15) is 29.6 Å². The summed E-state index contributed by atoms with van der Waals surface area (Å²) in [7, 11) is 0. The third-order valence-electron chi connectivity index (χ3n) is 6.09. The molecule has 220 valence electrons. The summed E-state index contributed by atoms with van der Waals surface area (Å²) in [6, 6.07) is 19.7. The molecule has 3 N–H and O–H groups in total. The van der Waals surface area contributed by atoms with E-state index in [-0.39, 0.29) is 26.7 Å². The van der Waals surface area contributed by atoms with Gasteiger partial charge >= 0.3 is 5.97 Å². The molecule has 0 fully saturated rings. The number of amides is 2. The number of non-ortho nitro benzene ring substituents is 1. The number of carbonyl (C=O) groups excluding carboxylic acids is 2. The minimum Gasteiger partial charge on any atom is -0.478 e. The molecule has 4 aromatic carbocycles. The molecule has 0 saturated heterocycles. The van der Waals surface area contributed by atoms with Crippen LogP contribution in [0.4, 0.5) is 17.1 Å². The van der Waals surface area contributed by atoms with Gasteiger partial charge in [0.15, 0.2) is 0 Å². The molecule has 4 rings (SSSR count). The first kappa shape index (κ1) is 32.1. The van der Waals surface area contributed by atoms with Crippen LogP contribution in [0.15, 0.2) is 77.7 Å². The number of hydrogen-bond acceptors (Lipinski definition) is 6. The second kappa shape index (κ2) is 13.7. The minimum atomic E-state index is -1.52. The van der Waals surface area contributed by atoms with Gasteiger partial charge in [0.05, 0.1) is 36.1 Å². The smallest absolute Gasteiger partial charge is 0.338 e. The molecule has 14 heteroatoms. The zero-order chi connectivity index (χ0) is 31.4. The molecule has 0 aliphatic carbocycles. The number of nitrogens with one attached hydrogen (secondary N) is 2. The number of thioether (sulfide) groups is 1. The zero-order valence-corrected chi connectivity index (χ0v) is 25.7. The van der Waals surface area contributed by atoms with Gasteiger partial charge in [-0.3, -0.25) is 19.7 Å². The summed E-state index contributed by atoms with van der Waals surface area (Å²) < 4.78 is 0. The topological polar surface area (TPSA) is 139 Å². The number of aryl methyl sites for hydroxylation is 1. The van der Waals surface area contributed by atoms with Crippen LogP contribution < -0.4 is 10.6 Å². The summed E-state index contributed by atoms with van der Waals surface area (Å²) in [5.74, 6) is -2.74. The maximum absolute atomic E-state index is 13.4. The molecule has 43 heavy (non-hydrogen) atoms. The molecule has 0 aliphatic heterocycles. The Labute approximate surface area is 269 Å². The monoisotopic (exact) mass is 677 g/mol. The summed E-state index contributed by atoms with van der Waals surface area (Å²) >= 11 is 25.5. The first-order valence-corrected chi connectivity index (χ1v) is 14.6.